The number of aromatic nitrogens is 2. The highest BCUT2D eigenvalue weighted by molar-refractivity contribution is 6.31. The average molecular weight is 298 g/mol. The molecule has 0 spiro atoms. The average Bonchev–Trinajstić information content (AvgIpc) is 3.19. The Bertz CT molecular complexity index is 435. The molecule has 1 aliphatic rings. The zero-order valence-electron chi connectivity index (χ0n) is 13.2. The molecule has 3 nitrogen and oxygen atoms in total. The van der Waals surface area contributed by atoms with E-state index in [0.717, 1.165) is 42.7 Å². The Kier molecular flexibility index (Phi) is 5.50. The Morgan fingerprint density at radius 3 is 2.55 bits per heavy atom. The van der Waals surface area contributed by atoms with Gasteiger partial charge in [0.2, 0.25) is 0 Å². The molecule has 0 amide bonds. The first-order valence-electron chi connectivity index (χ1n) is 8.04. The van der Waals surface area contributed by atoms with E-state index in [0.29, 0.717) is 11.8 Å². The van der Waals surface area contributed by atoms with Crippen molar-refractivity contribution in [2.24, 2.45) is 11.8 Å². The minimum Gasteiger partial charge on any atom is -0.314 e. The van der Waals surface area contributed by atoms with Gasteiger partial charge in [-0.1, -0.05) is 32.4 Å². The normalized spacial score (nSPS) is 16.9. The smallest absolute Gasteiger partial charge is 0.0849 e. The van der Waals surface area contributed by atoms with Gasteiger partial charge in [0.05, 0.1) is 16.4 Å². The highest BCUT2D eigenvalue weighted by Gasteiger charge is 2.25. The predicted octanol–water partition coefficient (Wildman–Crippen LogP) is 3.69. The second kappa shape index (κ2) is 6.95. The van der Waals surface area contributed by atoms with Crippen LogP contribution >= 0.6 is 11.6 Å². The van der Waals surface area contributed by atoms with E-state index >= 15 is 0 Å². The standard InChI is InChI=1S/C16H28ClN3/c1-5-14-16(17)15(20(6-2)19-14)9-12(11(3)4)10-18-13-7-8-13/h11-13,18H,5-10H2,1-4H3. The van der Waals surface area contributed by atoms with Gasteiger partial charge in [0.25, 0.3) is 0 Å². The summed E-state index contributed by atoms with van der Waals surface area (Å²) in [6.07, 6.45) is 4.62. The van der Waals surface area contributed by atoms with Crippen molar-refractivity contribution in [2.45, 2.75) is 66.0 Å². The highest BCUT2D eigenvalue weighted by atomic mass is 35.5. The molecule has 0 saturated heterocycles. The molecule has 1 unspecified atom stereocenters. The maximum atomic E-state index is 6.53. The third kappa shape index (κ3) is 3.76. The third-order valence-electron chi connectivity index (χ3n) is 4.34. The number of hydrogen-bond acceptors (Lipinski definition) is 2. The van der Waals surface area contributed by atoms with E-state index in [1.165, 1.54) is 18.5 Å². The molecule has 2 rings (SSSR count). The molecule has 114 valence electrons. The molecular formula is C16H28ClN3. The molecule has 1 atom stereocenters. The van der Waals surface area contributed by atoms with Gasteiger partial charge < -0.3 is 5.32 Å². The van der Waals surface area contributed by atoms with Gasteiger partial charge in [-0.15, -0.1) is 0 Å². The van der Waals surface area contributed by atoms with Crippen molar-refractivity contribution in [3.8, 4) is 0 Å². The summed E-state index contributed by atoms with van der Waals surface area (Å²) in [6, 6.07) is 0.772. The quantitative estimate of drug-likeness (QED) is 0.793. The lowest BCUT2D eigenvalue weighted by Gasteiger charge is -2.22. The number of hydrogen-bond donors (Lipinski definition) is 1. The van der Waals surface area contributed by atoms with Gasteiger partial charge in [-0.3, -0.25) is 4.68 Å². The summed E-state index contributed by atoms with van der Waals surface area (Å²) in [5, 5.41) is 9.19. The SMILES string of the molecule is CCc1nn(CC)c(CC(CNC2CC2)C(C)C)c1Cl. The van der Waals surface area contributed by atoms with Gasteiger partial charge in [0.1, 0.15) is 0 Å². The first-order valence-corrected chi connectivity index (χ1v) is 8.41. The second-order valence-electron chi connectivity index (χ2n) is 6.27. The van der Waals surface area contributed by atoms with Crippen LogP contribution in [0.4, 0.5) is 0 Å². The number of halogens is 1. The van der Waals surface area contributed by atoms with Gasteiger partial charge >= 0.3 is 0 Å². The second-order valence-corrected chi connectivity index (χ2v) is 6.65. The Morgan fingerprint density at radius 2 is 2.05 bits per heavy atom. The van der Waals surface area contributed by atoms with Crippen molar-refractivity contribution >= 4 is 11.6 Å². The van der Waals surface area contributed by atoms with Crippen LogP contribution in [0.5, 0.6) is 0 Å². The largest absolute Gasteiger partial charge is 0.314 e. The first-order chi connectivity index (χ1) is 9.56. The maximum absolute atomic E-state index is 6.53. The van der Waals surface area contributed by atoms with Crippen molar-refractivity contribution in [3.05, 3.63) is 16.4 Å². The summed E-state index contributed by atoms with van der Waals surface area (Å²) in [6.45, 7) is 10.9. The third-order valence-corrected chi connectivity index (χ3v) is 4.77. The van der Waals surface area contributed by atoms with E-state index < -0.39 is 0 Å². The fourth-order valence-corrected chi connectivity index (χ4v) is 2.96. The van der Waals surface area contributed by atoms with Crippen molar-refractivity contribution < 1.29 is 0 Å². The van der Waals surface area contributed by atoms with Crippen LogP contribution in [-0.4, -0.2) is 22.4 Å². The van der Waals surface area contributed by atoms with Crippen LogP contribution in [0, 0.1) is 11.8 Å². The molecule has 1 aliphatic carbocycles. The molecule has 1 aromatic rings. The van der Waals surface area contributed by atoms with E-state index in [-0.39, 0.29) is 0 Å². The summed E-state index contributed by atoms with van der Waals surface area (Å²) in [7, 11) is 0. The monoisotopic (exact) mass is 297 g/mol. The lowest BCUT2D eigenvalue weighted by Crippen LogP contribution is -2.30. The van der Waals surface area contributed by atoms with E-state index in [2.05, 4.69) is 42.8 Å². The highest BCUT2D eigenvalue weighted by Crippen LogP contribution is 2.27. The lowest BCUT2D eigenvalue weighted by atomic mass is 9.90. The summed E-state index contributed by atoms with van der Waals surface area (Å²) >= 11 is 6.53. The van der Waals surface area contributed by atoms with E-state index in [9.17, 15) is 0 Å². The van der Waals surface area contributed by atoms with Crippen molar-refractivity contribution in [3.63, 3.8) is 0 Å². The van der Waals surface area contributed by atoms with Gasteiger partial charge in [-0.05, 0) is 51.0 Å². The maximum Gasteiger partial charge on any atom is 0.0849 e. The molecule has 20 heavy (non-hydrogen) atoms. The van der Waals surface area contributed by atoms with Gasteiger partial charge in [0.15, 0.2) is 0 Å². The number of rotatable bonds is 8. The number of nitrogens with zero attached hydrogens (tertiary/aromatic N) is 2. The zero-order chi connectivity index (χ0) is 14.7. The summed E-state index contributed by atoms with van der Waals surface area (Å²) < 4.78 is 2.09. The van der Waals surface area contributed by atoms with E-state index in [1.807, 2.05) is 0 Å². The van der Waals surface area contributed by atoms with Gasteiger partial charge in [0, 0.05) is 12.6 Å². The minimum absolute atomic E-state index is 0.625. The molecule has 0 aromatic carbocycles. The minimum atomic E-state index is 0.625. The molecule has 1 aromatic heterocycles. The van der Waals surface area contributed by atoms with Crippen molar-refractivity contribution in [1.29, 1.82) is 0 Å². The zero-order valence-corrected chi connectivity index (χ0v) is 14.0. The van der Waals surface area contributed by atoms with Crippen LogP contribution in [-0.2, 0) is 19.4 Å². The molecule has 0 bridgehead atoms. The van der Waals surface area contributed by atoms with Crippen LogP contribution in [0.2, 0.25) is 5.02 Å². The van der Waals surface area contributed by atoms with Crippen LogP contribution < -0.4 is 5.32 Å². The molecule has 1 saturated carbocycles. The Hall–Kier alpha value is -0.540. The molecule has 1 N–H and O–H groups in total. The molecule has 4 heteroatoms. The van der Waals surface area contributed by atoms with Crippen molar-refractivity contribution in [1.82, 2.24) is 15.1 Å². The Labute approximate surface area is 128 Å². The topological polar surface area (TPSA) is 29.9 Å². The fraction of sp³-hybridized carbons (Fsp3) is 0.812. The molecule has 1 heterocycles. The van der Waals surface area contributed by atoms with Crippen LogP contribution in [0.1, 0.15) is 51.9 Å². The summed E-state index contributed by atoms with van der Waals surface area (Å²) in [5.41, 5.74) is 2.27. The number of nitrogens with one attached hydrogen (secondary N) is 1. The van der Waals surface area contributed by atoms with Crippen molar-refractivity contribution in [2.75, 3.05) is 6.54 Å². The summed E-state index contributed by atoms with van der Waals surface area (Å²) in [5.74, 6) is 1.28. The number of aryl methyl sites for hydroxylation is 2. The summed E-state index contributed by atoms with van der Waals surface area (Å²) in [4.78, 5) is 0. The molecular weight excluding hydrogens is 270 g/mol. The van der Waals surface area contributed by atoms with Gasteiger partial charge in [-0.2, -0.15) is 5.10 Å². The van der Waals surface area contributed by atoms with Crippen LogP contribution in [0.3, 0.4) is 0 Å². The lowest BCUT2D eigenvalue weighted by molar-refractivity contribution is 0.351. The van der Waals surface area contributed by atoms with Crippen LogP contribution in [0.15, 0.2) is 0 Å². The molecule has 1 fully saturated rings. The van der Waals surface area contributed by atoms with Crippen LogP contribution in [0.25, 0.3) is 0 Å². The fourth-order valence-electron chi connectivity index (χ4n) is 2.61. The first kappa shape index (κ1) is 15.8. The Balaban J connectivity index is 2.09. The molecule has 0 radical (unpaired) electrons. The van der Waals surface area contributed by atoms with Gasteiger partial charge in [-0.25, -0.2) is 0 Å². The molecule has 0 aliphatic heterocycles. The van der Waals surface area contributed by atoms with E-state index in [4.69, 9.17) is 11.6 Å². The Morgan fingerprint density at radius 1 is 1.35 bits per heavy atom. The predicted molar refractivity (Wildman–Crippen MR) is 85.3 cm³/mol. The van der Waals surface area contributed by atoms with E-state index in [1.54, 1.807) is 0 Å².